The quantitative estimate of drug-likeness (QED) is 0.877. The minimum atomic E-state index is -3.78. The topological polar surface area (TPSA) is 77.9 Å². The van der Waals surface area contributed by atoms with Crippen LogP contribution in [0.4, 0.5) is 4.39 Å². The molecule has 0 spiro atoms. The van der Waals surface area contributed by atoms with Crippen LogP contribution in [-0.4, -0.2) is 61.9 Å². The molecule has 1 N–H and O–H groups in total. The molecule has 110 valence electrons. The molecule has 0 radical (unpaired) electrons. The summed E-state index contributed by atoms with van der Waals surface area (Å²) in [6, 6.07) is 2.83. The summed E-state index contributed by atoms with van der Waals surface area (Å²) in [7, 11) is -1.89. The Kier molecular flexibility index (Phi) is 4.07. The smallest absolute Gasteiger partial charge is 0.338 e. The van der Waals surface area contributed by atoms with E-state index in [1.165, 1.54) is 4.31 Å². The predicted molar refractivity (Wildman–Crippen MR) is 69.6 cm³/mol. The Morgan fingerprint density at radius 3 is 2.40 bits per heavy atom. The molecule has 0 unspecified atom stereocenters. The van der Waals surface area contributed by atoms with E-state index in [9.17, 15) is 17.6 Å². The number of nitrogens with zero attached hydrogens (tertiary/aromatic N) is 2. The highest BCUT2D eigenvalue weighted by Crippen LogP contribution is 2.20. The number of aromatic carboxylic acids is 1. The highest BCUT2D eigenvalue weighted by molar-refractivity contribution is 7.89. The molecule has 1 heterocycles. The Labute approximate surface area is 116 Å². The summed E-state index contributed by atoms with van der Waals surface area (Å²) in [5.74, 6) is -2.44. The molecule has 0 bridgehead atoms. The first-order chi connectivity index (χ1) is 9.32. The Balaban J connectivity index is 2.35. The average molecular weight is 302 g/mol. The summed E-state index contributed by atoms with van der Waals surface area (Å²) in [6.45, 7) is 1.87. The van der Waals surface area contributed by atoms with Crippen molar-refractivity contribution in [2.75, 3.05) is 33.2 Å². The predicted octanol–water partition coefficient (Wildman–Crippen LogP) is 0.460. The van der Waals surface area contributed by atoms with Gasteiger partial charge in [-0.2, -0.15) is 4.31 Å². The number of carboxylic acids is 1. The van der Waals surface area contributed by atoms with Gasteiger partial charge in [0, 0.05) is 26.2 Å². The van der Waals surface area contributed by atoms with Gasteiger partial charge in [-0.05, 0) is 25.2 Å². The van der Waals surface area contributed by atoms with E-state index in [-0.39, 0.29) is 4.90 Å². The first-order valence-electron chi connectivity index (χ1n) is 6.04. The summed E-state index contributed by atoms with van der Waals surface area (Å²) in [5.41, 5.74) is -0.639. The van der Waals surface area contributed by atoms with Crippen LogP contribution >= 0.6 is 0 Å². The fourth-order valence-corrected chi connectivity index (χ4v) is 3.46. The second-order valence-corrected chi connectivity index (χ2v) is 6.59. The zero-order valence-electron chi connectivity index (χ0n) is 10.9. The van der Waals surface area contributed by atoms with Crippen LogP contribution in [-0.2, 0) is 10.0 Å². The van der Waals surface area contributed by atoms with E-state index in [0.29, 0.717) is 26.2 Å². The first kappa shape index (κ1) is 14.9. The van der Waals surface area contributed by atoms with Gasteiger partial charge in [0.05, 0.1) is 10.5 Å². The molecule has 1 aliphatic heterocycles. The third kappa shape index (κ3) is 2.82. The Morgan fingerprint density at radius 2 is 1.85 bits per heavy atom. The SMILES string of the molecule is CN1CCN(S(=O)(=O)c2ccc(F)c(C(=O)O)c2)CC1. The van der Waals surface area contributed by atoms with Gasteiger partial charge in [-0.3, -0.25) is 0 Å². The normalized spacial score (nSPS) is 18.1. The Bertz CT molecular complexity index is 624. The lowest BCUT2D eigenvalue weighted by Gasteiger charge is -2.31. The standard InChI is InChI=1S/C12H15FN2O4S/c1-14-4-6-15(7-5-14)20(18,19)9-2-3-11(13)10(8-9)12(16)17/h2-3,8H,4-7H2,1H3,(H,16,17). The largest absolute Gasteiger partial charge is 0.478 e. The molecule has 2 rings (SSSR count). The van der Waals surface area contributed by atoms with E-state index in [0.717, 1.165) is 18.2 Å². The zero-order valence-corrected chi connectivity index (χ0v) is 11.7. The van der Waals surface area contributed by atoms with Gasteiger partial charge in [0.2, 0.25) is 10.0 Å². The fourth-order valence-electron chi connectivity index (χ4n) is 2.01. The number of carbonyl (C=O) groups is 1. The second-order valence-electron chi connectivity index (χ2n) is 4.65. The van der Waals surface area contributed by atoms with E-state index >= 15 is 0 Å². The van der Waals surface area contributed by atoms with Gasteiger partial charge >= 0.3 is 5.97 Å². The third-order valence-electron chi connectivity index (χ3n) is 3.27. The summed E-state index contributed by atoms with van der Waals surface area (Å²) in [5, 5.41) is 8.85. The van der Waals surface area contributed by atoms with Gasteiger partial charge in [0.1, 0.15) is 5.82 Å². The highest BCUT2D eigenvalue weighted by Gasteiger charge is 2.28. The van der Waals surface area contributed by atoms with Crippen LogP contribution in [0.15, 0.2) is 23.1 Å². The molecule has 1 aromatic carbocycles. The molecule has 0 aliphatic carbocycles. The van der Waals surface area contributed by atoms with Crippen molar-refractivity contribution in [3.05, 3.63) is 29.6 Å². The van der Waals surface area contributed by atoms with E-state index in [1.807, 2.05) is 11.9 Å². The molecule has 1 aromatic rings. The van der Waals surface area contributed by atoms with Crippen molar-refractivity contribution in [2.45, 2.75) is 4.90 Å². The summed E-state index contributed by atoms with van der Waals surface area (Å²) < 4.78 is 39.3. The number of hydrogen-bond donors (Lipinski definition) is 1. The van der Waals surface area contributed by atoms with Crippen LogP contribution < -0.4 is 0 Å². The number of carboxylic acid groups (broad SMARTS) is 1. The molecule has 6 nitrogen and oxygen atoms in total. The van der Waals surface area contributed by atoms with Crippen molar-refractivity contribution in [3.63, 3.8) is 0 Å². The minimum Gasteiger partial charge on any atom is -0.478 e. The Morgan fingerprint density at radius 1 is 1.25 bits per heavy atom. The molecule has 1 saturated heterocycles. The second kappa shape index (κ2) is 5.47. The van der Waals surface area contributed by atoms with Gasteiger partial charge in [0.25, 0.3) is 0 Å². The maximum absolute atomic E-state index is 13.3. The summed E-state index contributed by atoms with van der Waals surface area (Å²) in [4.78, 5) is 12.7. The van der Waals surface area contributed by atoms with E-state index < -0.39 is 27.4 Å². The van der Waals surface area contributed by atoms with Crippen LogP contribution in [0.1, 0.15) is 10.4 Å². The number of likely N-dealkylation sites (N-methyl/N-ethyl adjacent to an activating group) is 1. The molecule has 0 saturated carbocycles. The van der Waals surface area contributed by atoms with Crippen LogP contribution in [0, 0.1) is 5.82 Å². The van der Waals surface area contributed by atoms with Gasteiger partial charge in [-0.25, -0.2) is 17.6 Å². The lowest BCUT2D eigenvalue weighted by atomic mass is 10.2. The fraction of sp³-hybridized carbons (Fsp3) is 0.417. The lowest BCUT2D eigenvalue weighted by molar-refractivity contribution is 0.0691. The van der Waals surface area contributed by atoms with E-state index in [1.54, 1.807) is 0 Å². The number of hydrogen-bond acceptors (Lipinski definition) is 4. The highest BCUT2D eigenvalue weighted by atomic mass is 32.2. The van der Waals surface area contributed by atoms with Crippen molar-refractivity contribution < 1.29 is 22.7 Å². The van der Waals surface area contributed by atoms with Crippen molar-refractivity contribution in [3.8, 4) is 0 Å². The monoisotopic (exact) mass is 302 g/mol. The Hall–Kier alpha value is -1.51. The van der Waals surface area contributed by atoms with Crippen LogP contribution in [0.3, 0.4) is 0 Å². The van der Waals surface area contributed by atoms with Crippen LogP contribution in [0.5, 0.6) is 0 Å². The maximum atomic E-state index is 13.3. The van der Waals surface area contributed by atoms with Crippen molar-refractivity contribution in [2.24, 2.45) is 0 Å². The maximum Gasteiger partial charge on any atom is 0.338 e. The van der Waals surface area contributed by atoms with Gasteiger partial charge in [0.15, 0.2) is 0 Å². The number of rotatable bonds is 3. The average Bonchev–Trinajstić information content (AvgIpc) is 2.39. The number of piperazine rings is 1. The third-order valence-corrected chi connectivity index (χ3v) is 5.16. The van der Waals surface area contributed by atoms with Crippen LogP contribution in [0.2, 0.25) is 0 Å². The molecule has 8 heteroatoms. The van der Waals surface area contributed by atoms with Gasteiger partial charge < -0.3 is 10.0 Å². The molecule has 1 aliphatic rings. The molecule has 1 fully saturated rings. The van der Waals surface area contributed by atoms with Crippen molar-refractivity contribution >= 4 is 16.0 Å². The molecule has 0 amide bonds. The van der Waals surface area contributed by atoms with Crippen LogP contribution in [0.25, 0.3) is 0 Å². The summed E-state index contributed by atoms with van der Waals surface area (Å²) in [6.07, 6.45) is 0. The summed E-state index contributed by atoms with van der Waals surface area (Å²) >= 11 is 0. The van der Waals surface area contributed by atoms with E-state index in [2.05, 4.69) is 0 Å². The molecular formula is C12H15FN2O4S. The zero-order chi connectivity index (χ0) is 14.9. The molecular weight excluding hydrogens is 287 g/mol. The van der Waals surface area contributed by atoms with Crippen molar-refractivity contribution in [1.82, 2.24) is 9.21 Å². The van der Waals surface area contributed by atoms with Gasteiger partial charge in [-0.1, -0.05) is 0 Å². The molecule has 0 atom stereocenters. The van der Waals surface area contributed by atoms with Gasteiger partial charge in [-0.15, -0.1) is 0 Å². The number of benzene rings is 1. The molecule has 0 aromatic heterocycles. The van der Waals surface area contributed by atoms with Crippen molar-refractivity contribution in [1.29, 1.82) is 0 Å². The first-order valence-corrected chi connectivity index (χ1v) is 7.48. The number of sulfonamides is 1. The minimum absolute atomic E-state index is 0.194. The number of halogens is 1. The van der Waals surface area contributed by atoms with E-state index in [4.69, 9.17) is 5.11 Å². The molecule has 20 heavy (non-hydrogen) atoms. The lowest BCUT2D eigenvalue weighted by Crippen LogP contribution is -2.47.